The maximum atomic E-state index is 12.0. The van der Waals surface area contributed by atoms with E-state index in [0.717, 1.165) is 22.5 Å². The lowest BCUT2D eigenvalue weighted by Crippen LogP contribution is -2.22. The average molecular weight is 406 g/mol. The van der Waals surface area contributed by atoms with Crippen LogP contribution < -0.4 is 16.2 Å². The number of hydrogen-bond donors (Lipinski definition) is 2. The van der Waals surface area contributed by atoms with Crippen LogP contribution in [-0.4, -0.2) is 19.7 Å². The summed E-state index contributed by atoms with van der Waals surface area (Å²) in [7, 11) is 0. The van der Waals surface area contributed by atoms with Gasteiger partial charge < -0.3 is 10.5 Å². The third-order valence-corrected chi connectivity index (χ3v) is 5.36. The normalized spacial score (nSPS) is 14.8. The lowest BCUT2D eigenvalue weighted by molar-refractivity contribution is 0.401. The molecule has 5 rings (SSSR count). The summed E-state index contributed by atoms with van der Waals surface area (Å²) >= 11 is 6.55. The fraction of sp³-hybridized carbons (Fsp3) is 0.0952. The van der Waals surface area contributed by atoms with Gasteiger partial charge in [0.15, 0.2) is 0 Å². The quantitative estimate of drug-likeness (QED) is 0.465. The number of aryl methyl sites for hydroxylation is 1. The SMILES string of the molecule is Cc1nn(-c2ccccc2)c2c1C(c1ccccc1Cl)c1c(nc(=O)[nH]c1N)O2. The zero-order valence-corrected chi connectivity index (χ0v) is 16.1. The van der Waals surface area contributed by atoms with Crippen molar-refractivity contribution in [3.05, 3.63) is 92.5 Å². The molecule has 0 fully saturated rings. The first kappa shape index (κ1) is 17.5. The molecule has 2 aromatic heterocycles. The second-order valence-corrected chi connectivity index (χ2v) is 7.19. The van der Waals surface area contributed by atoms with E-state index in [1.165, 1.54) is 0 Å². The van der Waals surface area contributed by atoms with Crippen molar-refractivity contribution in [3.63, 3.8) is 0 Å². The molecule has 0 aliphatic carbocycles. The Morgan fingerprint density at radius 3 is 2.59 bits per heavy atom. The fourth-order valence-corrected chi connectivity index (χ4v) is 4.03. The summed E-state index contributed by atoms with van der Waals surface area (Å²) in [6.07, 6.45) is 0. The molecule has 1 unspecified atom stereocenters. The van der Waals surface area contributed by atoms with E-state index in [4.69, 9.17) is 27.2 Å². The number of nitrogens with two attached hydrogens (primary N) is 1. The molecule has 8 heteroatoms. The molecule has 0 bridgehead atoms. The van der Waals surface area contributed by atoms with Gasteiger partial charge in [-0.3, -0.25) is 4.98 Å². The average Bonchev–Trinajstić information content (AvgIpc) is 3.04. The summed E-state index contributed by atoms with van der Waals surface area (Å²) in [5.74, 6) is 0.455. The predicted octanol–water partition coefficient (Wildman–Crippen LogP) is 3.79. The number of ether oxygens (including phenoxy) is 1. The number of aromatic amines is 1. The Hall–Kier alpha value is -3.58. The van der Waals surface area contributed by atoms with Gasteiger partial charge in [0, 0.05) is 5.02 Å². The number of fused-ring (bicyclic) bond motifs is 2. The zero-order chi connectivity index (χ0) is 20.1. The van der Waals surface area contributed by atoms with Gasteiger partial charge in [-0.05, 0) is 30.7 Å². The van der Waals surface area contributed by atoms with E-state index in [0.29, 0.717) is 16.5 Å². The molecule has 3 heterocycles. The molecule has 2 aromatic carbocycles. The molecular formula is C21H16ClN5O2. The Bertz CT molecular complexity index is 1300. The van der Waals surface area contributed by atoms with E-state index in [2.05, 4.69) is 9.97 Å². The number of halogens is 1. The van der Waals surface area contributed by atoms with E-state index in [1.54, 1.807) is 4.68 Å². The Balaban J connectivity index is 1.84. The lowest BCUT2D eigenvalue weighted by atomic mass is 9.84. The number of nitrogens with one attached hydrogen (secondary N) is 1. The highest BCUT2D eigenvalue weighted by Crippen LogP contribution is 2.50. The molecule has 144 valence electrons. The van der Waals surface area contributed by atoms with Crippen LogP contribution in [0.5, 0.6) is 11.8 Å². The maximum absolute atomic E-state index is 12.0. The first-order valence-corrected chi connectivity index (χ1v) is 9.39. The van der Waals surface area contributed by atoms with Crippen molar-refractivity contribution in [1.82, 2.24) is 19.7 Å². The van der Waals surface area contributed by atoms with Crippen LogP contribution in [0.25, 0.3) is 5.69 Å². The van der Waals surface area contributed by atoms with Gasteiger partial charge in [0.25, 0.3) is 0 Å². The van der Waals surface area contributed by atoms with Gasteiger partial charge >= 0.3 is 5.69 Å². The molecule has 3 N–H and O–H groups in total. The van der Waals surface area contributed by atoms with E-state index >= 15 is 0 Å². The standard InChI is InChI=1S/C21H16ClN5O2/c1-11-15-16(13-9-5-6-10-14(13)22)17-18(23)24-21(28)25-19(17)29-20(15)27(26-11)12-7-3-2-4-8-12/h2-10,16H,1H3,(H3,23,24,25,28). The molecule has 4 aromatic rings. The van der Waals surface area contributed by atoms with Crippen molar-refractivity contribution >= 4 is 17.4 Å². The highest BCUT2D eigenvalue weighted by molar-refractivity contribution is 6.31. The summed E-state index contributed by atoms with van der Waals surface area (Å²) < 4.78 is 7.79. The Kier molecular flexibility index (Phi) is 3.92. The number of benzene rings is 2. The van der Waals surface area contributed by atoms with Crippen molar-refractivity contribution in [2.24, 2.45) is 0 Å². The van der Waals surface area contributed by atoms with Crippen LogP contribution in [0.15, 0.2) is 59.4 Å². The van der Waals surface area contributed by atoms with Gasteiger partial charge in [-0.25, -0.2) is 9.48 Å². The summed E-state index contributed by atoms with van der Waals surface area (Å²) in [5, 5.41) is 5.27. The molecule has 0 spiro atoms. The molecule has 1 aliphatic rings. The van der Waals surface area contributed by atoms with Crippen LogP contribution in [0.1, 0.15) is 28.3 Å². The second kappa shape index (κ2) is 6.49. The third kappa shape index (κ3) is 2.70. The van der Waals surface area contributed by atoms with Crippen molar-refractivity contribution in [3.8, 4) is 17.4 Å². The van der Waals surface area contributed by atoms with Crippen LogP contribution in [-0.2, 0) is 0 Å². The summed E-state index contributed by atoms with van der Waals surface area (Å²) in [6, 6.07) is 17.1. The minimum absolute atomic E-state index is 0.153. The van der Waals surface area contributed by atoms with Gasteiger partial charge in [0.05, 0.1) is 28.4 Å². The highest BCUT2D eigenvalue weighted by atomic mass is 35.5. The van der Waals surface area contributed by atoms with Gasteiger partial charge in [-0.1, -0.05) is 48.0 Å². The van der Waals surface area contributed by atoms with Crippen molar-refractivity contribution in [2.45, 2.75) is 12.8 Å². The maximum Gasteiger partial charge on any atom is 0.349 e. The van der Waals surface area contributed by atoms with E-state index in [-0.39, 0.29) is 17.6 Å². The molecule has 0 amide bonds. The van der Waals surface area contributed by atoms with Crippen LogP contribution in [0.2, 0.25) is 5.02 Å². The molecule has 0 saturated heterocycles. The number of nitrogens with zero attached hydrogens (tertiary/aromatic N) is 3. The molecular weight excluding hydrogens is 390 g/mol. The molecule has 1 aliphatic heterocycles. The second-order valence-electron chi connectivity index (χ2n) is 6.78. The highest BCUT2D eigenvalue weighted by Gasteiger charge is 2.38. The Morgan fingerprint density at radius 1 is 1.10 bits per heavy atom. The number of para-hydroxylation sites is 1. The molecule has 1 atom stereocenters. The molecule has 7 nitrogen and oxygen atoms in total. The summed E-state index contributed by atoms with van der Waals surface area (Å²) in [6.45, 7) is 1.91. The minimum Gasteiger partial charge on any atom is -0.420 e. The van der Waals surface area contributed by atoms with Crippen molar-refractivity contribution in [2.75, 3.05) is 5.73 Å². The third-order valence-electron chi connectivity index (χ3n) is 5.02. The van der Waals surface area contributed by atoms with E-state index in [9.17, 15) is 4.79 Å². The zero-order valence-electron chi connectivity index (χ0n) is 15.4. The Labute approximate surface area is 170 Å². The van der Waals surface area contributed by atoms with Crippen LogP contribution in [0, 0.1) is 6.92 Å². The molecule has 0 saturated carbocycles. The smallest absolute Gasteiger partial charge is 0.349 e. The molecule has 29 heavy (non-hydrogen) atoms. The number of anilines is 1. The minimum atomic E-state index is -0.579. The van der Waals surface area contributed by atoms with Gasteiger partial charge in [0.2, 0.25) is 11.8 Å². The summed E-state index contributed by atoms with van der Waals surface area (Å²) in [4.78, 5) is 18.6. The number of H-pyrrole nitrogens is 1. The van der Waals surface area contributed by atoms with Crippen LogP contribution >= 0.6 is 11.6 Å². The first-order chi connectivity index (χ1) is 14.0. The fourth-order valence-electron chi connectivity index (χ4n) is 3.78. The lowest BCUT2D eigenvalue weighted by Gasteiger charge is -2.27. The number of nitrogen functional groups attached to an aromatic ring is 1. The Morgan fingerprint density at radius 2 is 1.83 bits per heavy atom. The number of aromatic nitrogens is 4. The topological polar surface area (TPSA) is 98.8 Å². The van der Waals surface area contributed by atoms with Crippen molar-refractivity contribution in [1.29, 1.82) is 0 Å². The molecule has 0 radical (unpaired) electrons. The van der Waals surface area contributed by atoms with E-state index < -0.39 is 5.69 Å². The monoisotopic (exact) mass is 405 g/mol. The predicted molar refractivity (Wildman–Crippen MR) is 110 cm³/mol. The number of rotatable bonds is 2. The van der Waals surface area contributed by atoms with Gasteiger partial charge in [0.1, 0.15) is 5.82 Å². The van der Waals surface area contributed by atoms with Gasteiger partial charge in [-0.15, -0.1) is 0 Å². The first-order valence-electron chi connectivity index (χ1n) is 9.01. The van der Waals surface area contributed by atoms with Crippen LogP contribution in [0.4, 0.5) is 5.82 Å². The van der Waals surface area contributed by atoms with Crippen LogP contribution in [0.3, 0.4) is 0 Å². The largest absolute Gasteiger partial charge is 0.420 e. The number of hydrogen-bond acceptors (Lipinski definition) is 5. The summed E-state index contributed by atoms with van der Waals surface area (Å²) in [5.41, 5.74) is 9.45. The van der Waals surface area contributed by atoms with E-state index in [1.807, 2.05) is 61.5 Å². The van der Waals surface area contributed by atoms with Gasteiger partial charge in [-0.2, -0.15) is 10.1 Å². The van der Waals surface area contributed by atoms with Crippen molar-refractivity contribution < 1.29 is 4.74 Å².